The number of aromatic amines is 1. The van der Waals surface area contributed by atoms with Gasteiger partial charge in [-0.25, -0.2) is 14.0 Å². The number of anilines is 1. The predicted molar refractivity (Wildman–Crippen MR) is 145 cm³/mol. The first-order valence-corrected chi connectivity index (χ1v) is 12.9. The van der Waals surface area contributed by atoms with Crippen LogP contribution in [0.25, 0.3) is 16.5 Å². The van der Waals surface area contributed by atoms with Crippen LogP contribution < -0.4 is 5.32 Å². The Bertz CT molecular complexity index is 1450. The fourth-order valence-electron chi connectivity index (χ4n) is 5.17. The Balaban J connectivity index is 1.56. The van der Waals surface area contributed by atoms with Gasteiger partial charge in [0.25, 0.3) is 5.91 Å². The number of nitrogens with zero attached hydrogens (tertiary/aromatic N) is 2. The highest BCUT2D eigenvalue weighted by molar-refractivity contribution is 6.18. The normalized spacial score (nSPS) is 16.8. The van der Waals surface area contributed by atoms with Gasteiger partial charge in [0.1, 0.15) is 5.82 Å². The molecule has 0 unspecified atom stereocenters. The molecular weight excluding hydrogens is 503 g/mol. The Morgan fingerprint density at radius 2 is 1.82 bits per heavy atom. The summed E-state index contributed by atoms with van der Waals surface area (Å²) in [5.41, 5.74) is 2.67. The van der Waals surface area contributed by atoms with E-state index in [2.05, 4.69) is 10.3 Å². The number of fused-ring (bicyclic) bond motifs is 3. The molecule has 2 aromatic carbocycles. The Hall–Kier alpha value is -4.18. The van der Waals surface area contributed by atoms with Gasteiger partial charge in [-0.3, -0.25) is 4.79 Å². The zero-order valence-corrected chi connectivity index (χ0v) is 22.2. The van der Waals surface area contributed by atoms with E-state index < -0.39 is 17.2 Å². The molecule has 10 heteroatoms. The number of carbonyl (C=O) groups is 3. The molecule has 3 heterocycles. The maximum atomic E-state index is 13.5. The highest BCUT2D eigenvalue weighted by Gasteiger charge is 2.37. The second-order valence-electron chi connectivity index (χ2n) is 10.3. The molecule has 1 fully saturated rings. The maximum absolute atomic E-state index is 13.5. The number of ether oxygens (including phenoxy) is 2. The monoisotopic (exact) mass is 534 g/mol. The molecule has 204 valence electrons. The summed E-state index contributed by atoms with van der Waals surface area (Å²) in [6, 6.07) is 10.6. The molecule has 2 aliphatic heterocycles. The molecule has 0 saturated carbocycles. The predicted octanol–water partition coefficient (Wildman–Crippen LogP) is 4.51. The summed E-state index contributed by atoms with van der Waals surface area (Å²) in [7, 11) is 0. The molecule has 1 saturated heterocycles. The van der Waals surface area contributed by atoms with Gasteiger partial charge < -0.3 is 29.6 Å². The van der Waals surface area contributed by atoms with Crippen LogP contribution in [0.5, 0.6) is 0 Å². The quantitative estimate of drug-likeness (QED) is 0.480. The van der Waals surface area contributed by atoms with Crippen molar-refractivity contribution in [1.29, 1.82) is 0 Å². The number of aromatic nitrogens is 1. The molecule has 0 aliphatic carbocycles. The molecular formula is C29H31FN4O5. The zero-order valence-electron chi connectivity index (χ0n) is 22.2. The first-order valence-electron chi connectivity index (χ1n) is 12.9. The van der Waals surface area contributed by atoms with Gasteiger partial charge in [-0.05, 0) is 55.0 Å². The molecule has 1 aromatic heterocycles. The Kier molecular flexibility index (Phi) is 7.14. The lowest BCUT2D eigenvalue weighted by atomic mass is 9.81. The molecule has 2 N–H and O–H groups in total. The molecule has 5 rings (SSSR count). The fourth-order valence-corrected chi connectivity index (χ4v) is 5.17. The average Bonchev–Trinajstić information content (AvgIpc) is 3.25. The van der Waals surface area contributed by atoms with Crippen molar-refractivity contribution < 1.29 is 28.2 Å². The molecule has 9 nitrogen and oxygen atoms in total. The van der Waals surface area contributed by atoms with Gasteiger partial charge in [0, 0.05) is 53.4 Å². The molecule has 39 heavy (non-hydrogen) atoms. The Morgan fingerprint density at radius 3 is 2.51 bits per heavy atom. The number of halogens is 1. The van der Waals surface area contributed by atoms with Crippen molar-refractivity contribution in [3.63, 3.8) is 0 Å². The van der Waals surface area contributed by atoms with Gasteiger partial charge in [0.15, 0.2) is 0 Å². The number of hydrogen-bond donors (Lipinski definition) is 2. The Morgan fingerprint density at radius 1 is 1.10 bits per heavy atom. The summed E-state index contributed by atoms with van der Waals surface area (Å²) >= 11 is 0. The van der Waals surface area contributed by atoms with Gasteiger partial charge in [0.05, 0.1) is 31.1 Å². The third kappa shape index (κ3) is 5.24. The van der Waals surface area contributed by atoms with Crippen LogP contribution in [-0.2, 0) is 19.7 Å². The molecule has 0 bridgehead atoms. The smallest absolute Gasteiger partial charge is 0.341 e. The molecule has 2 aliphatic rings. The van der Waals surface area contributed by atoms with E-state index in [1.54, 1.807) is 11.8 Å². The van der Waals surface area contributed by atoms with Crippen molar-refractivity contribution in [2.75, 3.05) is 44.8 Å². The highest BCUT2D eigenvalue weighted by atomic mass is 19.1. The molecule has 0 atom stereocenters. The van der Waals surface area contributed by atoms with E-state index in [-0.39, 0.29) is 30.7 Å². The number of H-pyrrole nitrogens is 1. The molecule has 3 amide bonds. The van der Waals surface area contributed by atoms with Gasteiger partial charge in [-0.15, -0.1) is 0 Å². The summed E-state index contributed by atoms with van der Waals surface area (Å²) in [6.45, 7) is 8.16. The van der Waals surface area contributed by atoms with Crippen LogP contribution in [0.3, 0.4) is 0 Å². The minimum Gasteiger partial charge on any atom is -0.462 e. The number of carbonyl (C=O) groups excluding carboxylic acids is 3. The standard InChI is InChI=1S/C29H31FN4O5/c1-4-39-27(36)22-16-34(26(35)18-5-7-19(30)8-6-18)17-29(2,3)24-21-15-20(9-10-23(21)32-25(22)24)31-28(37)33-11-13-38-14-12-33/h5-10,15-16,32H,4,11-14,17H2,1-3H3,(H,31,37). The van der Waals surface area contributed by atoms with E-state index in [9.17, 15) is 18.8 Å². The van der Waals surface area contributed by atoms with E-state index in [4.69, 9.17) is 9.47 Å². The number of benzene rings is 2. The van der Waals surface area contributed by atoms with E-state index >= 15 is 0 Å². The van der Waals surface area contributed by atoms with E-state index in [0.29, 0.717) is 43.2 Å². The molecule has 0 spiro atoms. The number of urea groups is 1. The zero-order chi connectivity index (χ0) is 27.7. The van der Waals surface area contributed by atoms with Crippen LogP contribution in [0.1, 0.15) is 42.4 Å². The lowest BCUT2D eigenvalue weighted by Crippen LogP contribution is -2.43. The second-order valence-corrected chi connectivity index (χ2v) is 10.3. The van der Waals surface area contributed by atoms with Crippen molar-refractivity contribution in [1.82, 2.24) is 14.8 Å². The third-order valence-electron chi connectivity index (χ3n) is 6.99. The van der Waals surface area contributed by atoms with Crippen LogP contribution in [-0.4, -0.2) is 72.1 Å². The first-order chi connectivity index (χ1) is 18.7. The summed E-state index contributed by atoms with van der Waals surface area (Å²) in [5.74, 6) is -1.37. The largest absolute Gasteiger partial charge is 0.462 e. The summed E-state index contributed by atoms with van der Waals surface area (Å²) in [4.78, 5) is 46.0. The SMILES string of the molecule is CCOC(=O)C1=CN(C(=O)c2ccc(F)cc2)CC(C)(C)c2c1[nH]c1ccc(NC(=O)N3CCOCC3)cc21. The van der Waals surface area contributed by atoms with Crippen molar-refractivity contribution in [2.24, 2.45) is 0 Å². The average molecular weight is 535 g/mol. The lowest BCUT2D eigenvalue weighted by Gasteiger charge is -2.30. The number of nitrogens with one attached hydrogen (secondary N) is 2. The van der Waals surface area contributed by atoms with Gasteiger partial charge >= 0.3 is 12.0 Å². The fraction of sp³-hybridized carbons (Fsp3) is 0.345. The summed E-state index contributed by atoms with van der Waals surface area (Å²) < 4.78 is 24.2. The minimum atomic E-state index is -0.624. The number of amides is 3. The van der Waals surface area contributed by atoms with E-state index in [1.807, 2.05) is 32.0 Å². The van der Waals surface area contributed by atoms with Crippen LogP contribution in [0.4, 0.5) is 14.9 Å². The van der Waals surface area contributed by atoms with E-state index in [1.165, 1.54) is 35.4 Å². The van der Waals surface area contributed by atoms with Crippen molar-refractivity contribution in [2.45, 2.75) is 26.2 Å². The minimum absolute atomic E-state index is 0.165. The highest BCUT2D eigenvalue weighted by Crippen LogP contribution is 2.41. The number of esters is 1. The molecule has 0 radical (unpaired) electrons. The lowest BCUT2D eigenvalue weighted by molar-refractivity contribution is -0.136. The van der Waals surface area contributed by atoms with Crippen molar-refractivity contribution in [3.8, 4) is 0 Å². The van der Waals surface area contributed by atoms with E-state index in [0.717, 1.165) is 16.5 Å². The maximum Gasteiger partial charge on any atom is 0.341 e. The van der Waals surface area contributed by atoms with Crippen LogP contribution in [0.2, 0.25) is 0 Å². The number of rotatable bonds is 4. The number of hydrogen-bond acceptors (Lipinski definition) is 5. The Labute approximate surface area is 225 Å². The second kappa shape index (κ2) is 10.5. The van der Waals surface area contributed by atoms with Crippen LogP contribution in [0, 0.1) is 5.82 Å². The van der Waals surface area contributed by atoms with Crippen LogP contribution >= 0.6 is 0 Å². The van der Waals surface area contributed by atoms with Gasteiger partial charge in [-0.2, -0.15) is 0 Å². The van der Waals surface area contributed by atoms with Gasteiger partial charge in [-0.1, -0.05) is 13.8 Å². The summed E-state index contributed by atoms with van der Waals surface area (Å²) in [6.07, 6.45) is 1.51. The third-order valence-corrected chi connectivity index (χ3v) is 6.99. The topological polar surface area (TPSA) is 104 Å². The number of morpholine rings is 1. The van der Waals surface area contributed by atoms with Gasteiger partial charge in [0.2, 0.25) is 0 Å². The van der Waals surface area contributed by atoms with Crippen molar-refractivity contribution in [3.05, 3.63) is 71.3 Å². The summed E-state index contributed by atoms with van der Waals surface area (Å²) in [5, 5.41) is 3.79. The molecule has 3 aromatic rings. The van der Waals surface area contributed by atoms with Crippen molar-refractivity contribution >= 4 is 40.1 Å². The first kappa shape index (κ1) is 26.4. The van der Waals surface area contributed by atoms with Crippen LogP contribution in [0.15, 0.2) is 48.7 Å².